The monoisotopic (exact) mass is 296 g/mol. The van der Waals surface area contributed by atoms with Gasteiger partial charge in [-0.2, -0.15) is 0 Å². The molecular weight excluding hydrogens is 280 g/mol. The molecule has 1 aliphatic rings. The summed E-state index contributed by atoms with van der Waals surface area (Å²) in [5.41, 5.74) is 6.92. The number of hydrogen-bond donors (Lipinski definition) is 1. The summed E-state index contributed by atoms with van der Waals surface area (Å²) in [6.45, 7) is 1.55. The van der Waals surface area contributed by atoms with Crippen LogP contribution >= 0.6 is 15.9 Å². The van der Waals surface area contributed by atoms with Crippen molar-refractivity contribution in [3.8, 4) is 0 Å². The quantitative estimate of drug-likeness (QED) is 0.907. The Kier molecular flexibility index (Phi) is 4.18. The summed E-state index contributed by atoms with van der Waals surface area (Å²) in [5.74, 6) is 0.179. The van der Waals surface area contributed by atoms with Crippen LogP contribution in [0.2, 0.25) is 0 Å². The van der Waals surface area contributed by atoms with E-state index < -0.39 is 0 Å². The van der Waals surface area contributed by atoms with Crippen molar-refractivity contribution >= 4 is 21.8 Å². The lowest BCUT2D eigenvalue weighted by Gasteiger charge is -2.30. The molecule has 2 rings (SSSR count). The van der Waals surface area contributed by atoms with Gasteiger partial charge in [0.05, 0.1) is 6.42 Å². The number of piperidine rings is 1. The molecule has 0 aromatic heterocycles. The van der Waals surface area contributed by atoms with Crippen molar-refractivity contribution in [3.63, 3.8) is 0 Å². The first-order valence-corrected chi connectivity index (χ1v) is 6.72. The Hall–Kier alpha value is -0.870. The minimum absolute atomic E-state index is 0.148. The molecule has 1 aromatic rings. The number of nitrogens with two attached hydrogens (primary N) is 1. The van der Waals surface area contributed by atoms with Gasteiger partial charge < -0.3 is 10.6 Å². The molecule has 1 atom stereocenters. The van der Waals surface area contributed by atoms with Crippen molar-refractivity contribution in [2.75, 3.05) is 13.1 Å². The Morgan fingerprint density at radius 1 is 1.53 bits per heavy atom. The van der Waals surface area contributed by atoms with Gasteiger partial charge in [0.1, 0.15) is 0 Å². The summed E-state index contributed by atoms with van der Waals surface area (Å²) in [6.07, 6.45) is 2.51. The maximum atomic E-state index is 12.1. The Balaban J connectivity index is 1.96. The summed E-state index contributed by atoms with van der Waals surface area (Å²) in [7, 11) is 0. The van der Waals surface area contributed by atoms with E-state index in [4.69, 9.17) is 5.73 Å². The molecule has 1 saturated heterocycles. The van der Waals surface area contributed by atoms with Gasteiger partial charge in [-0.15, -0.1) is 0 Å². The minimum atomic E-state index is 0.148. The van der Waals surface area contributed by atoms with Crippen molar-refractivity contribution in [3.05, 3.63) is 34.3 Å². The first-order valence-electron chi connectivity index (χ1n) is 5.93. The molecule has 1 aliphatic heterocycles. The molecule has 0 aliphatic carbocycles. The number of hydrogen-bond acceptors (Lipinski definition) is 2. The first-order chi connectivity index (χ1) is 8.15. The van der Waals surface area contributed by atoms with Crippen LogP contribution in [0.5, 0.6) is 0 Å². The van der Waals surface area contributed by atoms with E-state index in [0.29, 0.717) is 13.0 Å². The summed E-state index contributed by atoms with van der Waals surface area (Å²) < 4.78 is 1.01. The third-order valence-corrected chi connectivity index (χ3v) is 3.55. The van der Waals surface area contributed by atoms with Crippen LogP contribution in [0.1, 0.15) is 18.4 Å². The number of halogens is 1. The first kappa shape index (κ1) is 12.6. The van der Waals surface area contributed by atoms with Crippen molar-refractivity contribution < 1.29 is 4.79 Å². The van der Waals surface area contributed by atoms with E-state index in [2.05, 4.69) is 15.9 Å². The predicted octanol–water partition coefficient (Wildman–Crippen LogP) is 1.94. The zero-order valence-electron chi connectivity index (χ0n) is 9.73. The van der Waals surface area contributed by atoms with Crippen LogP contribution in [-0.4, -0.2) is 29.9 Å². The molecule has 2 N–H and O–H groups in total. The van der Waals surface area contributed by atoms with Gasteiger partial charge in [-0.05, 0) is 30.5 Å². The van der Waals surface area contributed by atoms with Gasteiger partial charge in [-0.25, -0.2) is 0 Å². The van der Waals surface area contributed by atoms with Gasteiger partial charge in [0, 0.05) is 23.6 Å². The molecule has 0 saturated carbocycles. The van der Waals surface area contributed by atoms with E-state index in [1.165, 1.54) is 0 Å². The van der Waals surface area contributed by atoms with Crippen LogP contribution in [0.3, 0.4) is 0 Å². The molecule has 1 fully saturated rings. The predicted molar refractivity (Wildman–Crippen MR) is 71.6 cm³/mol. The number of benzene rings is 1. The fraction of sp³-hybridized carbons (Fsp3) is 0.462. The highest BCUT2D eigenvalue weighted by molar-refractivity contribution is 9.10. The number of likely N-dealkylation sites (tertiary alicyclic amines) is 1. The average Bonchev–Trinajstić information content (AvgIpc) is 2.29. The topological polar surface area (TPSA) is 46.3 Å². The van der Waals surface area contributed by atoms with Crippen LogP contribution in [-0.2, 0) is 11.2 Å². The molecular formula is C13H17BrN2O. The zero-order chi connectivity index (χ0) is 12.3. The maximum absolute atomic E-state index is 12.1. The van der Waals surface area contributed by atoms with Crippen molar-refractivity contribution in [2.24, 2.45) is 5.73 Å². The third kappa shape index (κ3) is 3.54. The van der Waals surface area contributed by atoms with Crippen molar-refractivity contribution in [2.45, 2.75) is 25.3 Å². The van der Waals surface area contributed by atoms with E-state index in [-0.39, 0.29) is 11.9 Å². The molecule has 4 heteroatoms. The largest absolute Gasteiger partial charge is 0.341 e. The standard InChI is InChI=1S/C13H17BrN2O/c14-11-4-1-3-10(7-11)8-13(17)16-6-2-5-12(15)9-16/h1,3-4,7,12H,2,5-6,8-9,15H2/t12-/m1/s1. The van der Waals surface area contributed by atoms with Gasteiger partial charge in [0.2, 0.25) is 5.91 Å². The highest BCUT2D eigenvalue weighted by Crippen LogP contribution is 2.14. The second-order valence-electron chi connectivity index (χ2n) is 4.55. The second-order valence-corrected chi connectivity index (χ2v) is 5.46. The van der Waals surface area contributed by atoms with Gasteiger partial charge in [-0.1, -0.05) is 28.1 Å². The lowest BCUT2D eigenvalue weighted by atomic mass is 10.1. The lowest BCUT2D eigenvalue weighted by Crippen LogP contribution is -2.46. The molecule has 17 heavy (non-hydrogen) atoms. The highest BCUT2D eigenvalue weighted by atomic mass is 79.9. The van der Waals surface area contributed by atoms with Crippen LogP contribution in [0.15, 0.2) is 28.7 Å². The normalized spacial score (nSPS) is 20.4. The fourth-order valence-electron chi connectivity index (χ4n) is 2.17. The zero-order valence-corrected chi connectivity index (χ0v) is 11.3. The van der Waals surface area contributed by atoms with Crippen LogP contribution < -0.4 is 5.73 Å². The molecule has 0 unspecified atom stereocenters. The van der Waals surface area contributed by atoms with Gasteiger partial charge in [-0.3, -0.25) is 4.79 Å². The van der Waals surface area contributed by atoms with Crippen LogP contribution in [0, 0.1) is 0 Å². The number of carbonyl (C=O) groups excluding carboxylic acids is 1. The smallest absolute Gasteiger partial charge is 0.227 e. The van der Waals surface area contributed by atoms with Gasteiger partial charge >= 0.3 is 0 Å². The molecule has 0 bridgehead atoms. The van der Waals surface area contributed by atoms with Crippen molar-refractivity contribution in [1.82, 2.24) is 4.90 Å². The summed E-state index contributed by atoms with van der Waals surface area (Å²) in [5, 5.41) is 0. The van der Waals surface area contributed by atoms with E-state index >= 15 is 0 Å². The maximum Gasteiger partial charge on any atom is 0.227 e. The van der Waals surface area contributed by atoms with Gasteiger partial charge in [0.15, 0.2) is 0 Å². The third-order valence-electron chi connectivity index (χ3n) is 3.05. The average molecular weight is 297 g/mol. The summed E-state index contributed by atoms with van der Waals surface area (Å²) in [6, 6.07) is 8.03. The molecule has 1 heterocycles. The van der Waals surface area contributed by atoms with E-state index in [9.17, 15) is 4.79 Å². The molecule has 3 nitrogen and oxygen atoms in total. The Labute approximate surface area is 110 Å². The SMILES string of the molecule is N[C@@H]1CCCN(C(=O)Cc2cccc(Br)c2)C1. The van der Waals surface area contributed by atoms with Crippen LogP contribution in [0.25, 0.3) is 0 Å². The fourth-order valence-corrected chi connectivity index (χ4v) is 2.62. The second kappa shape index (κ2) is 5.65. The molecule has 0 spiro atoms. The number of rotatable bonds is 2. The van der Waals surface area contributed by atoms with Crippen LogP contribution in [0.4, 0.5) is 0 Å². The summed E-state index contributed by atoms with van der Waals surface area (Å²) >= 11 is 3.41. The van der Waals surface area contributed by atoms with E-state index in [0.717, 1.165) is 29.4 Å². The lowest BCUT2D eigenvalue weighted by molar-refractivity contribution is -0.131. The number of carbonyl (C=O) groups is 1. The Bertz CT molecular complexity index is 408. The number of nitrogens with zero attached hydrogens (tertiary/aromatic N) is 1. The van der Waals surface area contributed by atoms with Gasteiger partial charge in [0.25, 0.3) is 0 Å². The molecule has 1 amide bonds. The molecule has 1 aromatic carbocycles. The highest BCUT2D eigenvalue weighted by Gasteiger charge is 2.21. The number of amides is 1. The Morgan fingerprint density at radius 2 is 2.35 bits per heavy atom. The van der Waals surface area contributed by atoms with Crippen molar-refractivity contribution in [1.29, 1.82) is 0 Å². The molecule has 92 valence electrons. The Morgan fingerprint density at radius 3 is 3.06 bits per heavy atom. The summed E-state index contributed by atoms with van der Waals surface area (Å²) in [4.78, 5) is 14.0. The van der Waals surface area contributed by atoms with E-state index in [1.807, 2.05) is 29.2 Å². The van der Waals surface area contributed by atoms with E-state index in [1.54, 1.807) is 0 Å². The molecule has 0 radical (unpaired) electrons. The minimum Gasteiger partial charge on any atom is -0.341 e.